The van der Waals surface area contributed by atoms with Crippen molar-refractivity contribution in [1.29, 1.82) is 0 Å². The molecule has 3 rings (SSSR count). The quantitative estimate of drug-likeness (QED) is 0.267. The summed E-state index contributed by atoms with van der Waals surface area (Å²) in [6.45, 7) is 2.66. The molecule has 202 valence electrons. The zero-order chi connectivity index (χ0) is 28.4. The summed E-state index contributed by atoms with van der Waals surface area (Å²) < 4.78 is 83.1. The van der Waals surface area contributed by atoms with Gasteiger partial charge in [-0.2, -0.15) is 26.3 Å². The van der Waals surface area contributed by atoms with Gasteiger partial charge in [0.1, 0.15) is 12.1 Å². The maximum Gasteiger partial charge on any atom is 0.417 e. The normalized spacial score (nSPS) is 13.5. The van der Waals surface area contributed by atoms with E-state index in [1.807, 2.05) is 5.32 Å². The van der Waals surface area contributed by atoms with Crippen molar-refractivity contribution in [3.05, 3.63) is 87.9 Å². The number of hydrogen-bond acceptors (Lipinski definition) is 3. The lowest BCUT2D eigenvalue weighted by Crippen LogP contribution is -2.39. The van der Waals surface area contributed by atoms with Crippen molar-refractivity contribution in [3.8, 4) is 11.1 Å². The molecule has 0 aliphatic rings. The molecule has 0 saturated heterocycles. The van der Waals surface area contributed by atoms with Gasteiger partial charge in [0.25, 0.3) is 5.91 Å². The molecule has 12 heteroatoms. The number of carbonyl (C=O) groups excluding carboxylic acids is 1. The topological polar surface area (TPSA) is 78.4 Å². The number of hydrogen-bond donors (Lipinski definition) is 3. The molecule has 0 bridgehead atoms. The van der Waals surface area contributed by atoms with E-state index in [2.05, 4.69) is 5.32 Å². The van der Waals surface area contributed by atoms with E-state index in [4.69, 9.17) is 16.7 Å². The fraction of sp³-hybridized carbons (Fsp3) is 0.231. The molecule has 5 nitrogen and oxygen atoms in total. The zero-order valence-corrected chi connectivity index (χ0v) is 20.6. The van der Waals surface area contributed by atoms with E-state index < -0.39 is 47.4 Å². The Labute approximate surface area is 218 Å². The van der Waals surface area contributed by atoms with Gasteiger partial charge < -0.3 is 15.7 Å². The van der Waals surface area contributed by atoms with Crippen molar-refractivity contribution >= 4 is 29.2 Å². The number of aliphatic carboxylic acids is 1. The Morgan fingerprint density at radius 3 is 2.16 bits per heavy atom. The average Bonchev–Trinajstić information content (AvgIpc) is 2.82. The molecule has 0 saturated carbocycles. The average molecular weight is 559 g/mol. The van der Waals surface area contributed by atoms with Gasteiger partial charge in [-0.15, -0.1) is 0 Å². The molecule has 0 aromatic heterocycles. The van der Waals surface area contributed by atoms with Gasteiger partial charge in [0, 0.05) is 10.7 Å². The molecule has 0 heterocycles. The Hall–Kier alpha value is -3.73. The second-order valence-corrected chi connectivity index (χ2v) is 8.91. The number of carbonyl (C=O) groups is 2. The van der Waals surface area contributed by atoms with E-state index in [1.165, 1.54) is 48.5 Å². The fourth-order valence-electron chi connectivity index (χ4n) is 3.65. The summed E-state index contributed by atoms with van der Waals surface area (Å²) in [6.07, 6.45) is -9.68. The summed E-state index contributed by atoms with van der Waals surface area (Å²) in [4.78, 5) is 23.3. The van der Waals surface area contributed by atoms with Crippen molar-refractivity contribution in [3.63, 3.8) is 0 Å². The molecular weight excluding hydrogens is 538 g/mol. The van der Waals surface area contributed by atoms with Crippen LogP contribution in [0.25, 0.3) is 11.1 Å². The maximum atomic E-state index is 13.9. The lowest BCUT2D eigenvalue weighted by Gasteiger charge is -2.24. The molecule has 0 aliphatic heterocycles. The highest BCUT2D eigenvalue weighted by molar-refractivity contribution is 6.31. The molecule has 3 aromatic rings. The van der Waals surface area contributed by atoms with Crippen LogP contribution in [-0.2, 0) is 11.0 Å². The molecule has 0 aliphatic carbocycles. The van der Waals surface area contributed by atoms with E-state index >= 15 is 0 Å². The predicted molar refractivity (Wildman–Crippen MR) is 130 cm³/mol. The first kappa shape index (κ1) is 28.8. The van der Waals surface area contributed by atoms with E-state index in [9.17, 15) is 35.9 Å². The minimum Gasteiger partial charge on any atom is -0.480 e. The first-order chi connectivity index (χ1) is 17.6. The standard InChI is InChI=1S/C26H21ClF6N2O3/c1-13-10-17(7-9-21(13)27)22(26(31,32)33)35-18-5-3-4-15(11-18)16-6-8-19(20(12-16)25(28,29)30)23(36)34-14(2)24(37)38/h3-12,14,22,35H,1-2H3,(H,34,36)(H,37,38). The van der Waals surface area contributed by atoms with Gasteiger partial charge in [0.15, 0.2) is 0 Å². The van der Waals surface area contributed by atoms with Crippen LogP contribution in [0.1, 0.15) is 40.0 Å². The number of carboxylic acid groups (broad SMARTS) is 1. The number of alkyl halides is 6. The molecule has 0 spiro atoms. The number of rotatable bonds is 7. The molecule has 3 aromatic carbocycles. The SMILES string of the molecule is Cc1cc(C(Nc2cccc(-c3ccc(C(=O)NC(C)C(=O)O)c(C(F)(F)F)c3)c2)C(F)(F)F)ccc1Cl. The Kier molecular flexibility index (Phi) is 8.30. The maximum absolute atomic E-state index is 13.9. The third kappa shape index (κ3) is 6.77. The Morgan fingerprint density at radius 1 is 0.921 bits per heavy atom. The third-order valence-electron chi connectivity index (χ3n) is 5.64. The number of aryl methyl sites for hydroxylation is 1. The van der Waals surface area contributed by atoms with Crippen LogP contribution >= 0.6 is 11.6 Å². The molecule has 2 unspecified atom stereocenters. The summed E-state index contributed by atoms with van der Waals surface area (Å²) in [7, 11) is 0. The van der Waals surface area contributed by atoms with E-state index in [0.29, 0.717) is 16.7 Å². The minimum atomic E-state index is -4.97. The van der Waals surface area contributed by atoms with Crippen LogP contribution in [0.15, 0.2) is 60.7 Å². The highest BCUT2D eigenvalue weighted by Gasteiger charge is 2.41. The number of nitrogens with one attached hydrogen (secondary N) is 2. The predicted octanol–water partition coefficient (Wildman–Crippen LogP) is 7.25. The summed E-state index contributed by atoms with van der Waals surface area (Å²) in [5, 5.41) is 13.6. The lowest BCUT2D eigenvalue weighted by molar-refractivity contribution is -0.144. The van der Waals surface area contributed by atoms with Crippen molar-refractivity contribution in [2.45, 2.75) is 38.3 Å². The van der Waals surface area contributed by atoms with Gasteiger partial charge in [-0.3, -0.25) is 9.59 Å². The number of benzene rings is 3. The highest BCUT2D eigenvalue weighted by atomic mass is 35.5. The largest absolute Gasteiger partial charge is 0.480 e. The fourth-order valence-corrected chi connectivity index (χ4v) is 3.77. The molecule has 38 heavy (non-hydrogen) atoms. The number of carboxylic acids is 1. The molecular formula is C26H21ClF6N2O3. The van der Waals surface area contributed by atoms with E-state index in [1.54, 1.807) is 6.92 Å². The monoisotopic (exact) mass is 558 g/mol. The van der Waals surface area contributed by atoms with Crippen molar-refractivity contribution in [1.82, 2.24) is 5.32 Å². The van der Waals surface area contributed by atoms with E-state index in [-0.39, 0.29) is 22.4 Å². The van der Waals surface area contributed by atoms with Crippen LogP contribution in [0.2, 0.25) is 5.02 Å². The molecule has 1 amide bonds. The number of amides is 1. The summed E-state index contributed by atoms with van der Waals surface area (Å²) in [5.74, 6) is -2.67. The van der Waals surface area contributed by atoms with Gasteiger partial charge in [0.2, 0.25) is 0 Å². The molecule has 0 fully saturated rings. The van der Waals surface area contributed by atoms with Crippen molar-refractivity contribution < 1.29 is 41.0 Å². The molecule has 2 atom stereocenters. The van der Waals surface area contributed by atoms with Gasteiger partial charge in [-0.05, 0) is 66.4 Å². The summed E-state index contributed by atoms with van der Waals surface area (Å²) >= 11 is 5.93. The Balaban J connectivity index is 1.99. The van der Waals surface area contributed by atoms with Gasteiger partial charge in [-0.1, -0.05) is 41.9 Å². The molecule has 0 radical (unpaired) electrons. The Morgan fingerprint density at radius 2 is 1.58 bits per heavy atom. The number of halogens is 7. The van der Waals surface area contributed by atoms with Crippen LogP contribution in [0.5, 0.6) is 0 Å². The van der Waals surface area contributed by atoms with Gasteiger partial charge >= 0.3 is 18.3 Å². The first-order valence-corrected chi connectivity index (χ1v) is 11.4. The second-order valence-electron chi connectivity index (χ2n) is 8.50. The van der Waals surface area contributed by atoms with Crippen LogP contribution in [0.3, 0.4) is 0 Å². The Bertz CT molecular complexity index is 1360. The molecule has 3 N–H and O–H groups in total. The summed E-state index contributed by atoms with van der Waals surface area (Å²) in [5.41, 5.74) is -1.66. The first-order valence-electron chi connectivity index (χ1n) is 11.0. The number of anilines is 1. The highest BCUT2D eigenvalue weighted by Crippen LogP contribution is 2.39. The second kappa shape index (κ2) is 10.9. The third-order valence-corrected chi connectivity index (χ3v) is 6.06. The van der Waals surface area contributed by atoms with Gasteiger partial charge in [-0.25, -0.2) is 0 Å². The minimum absolute atomic E-state index is 0.0110. The van der Waals surface area contributed by atoms with Gasteiger partial charge in [0.05, 0.1) is 11.1 Å². The van der Waals surface area contributed by atoms with Crippen LogP contribution in [0.4, 0.5) is 32.0 Å². The smallest absolute Gasteiger partial charge is 0.417 e. The van der Waals surface area contributed by atoms with Crippen LogP contribution in [0, 0.1) is 6.92 Å². The summed E-state index contributed by atoms with van der Waals surface area (Å²) in [6, 6.07) is 8.45. The van der Waals surface area contributed by atoms with Crippen molar-refractivity contribution in [2.75, 3.05) is 5.32 Å². The lowest BCUT2D eigenvalue weighted by atomic mass is 9.97. The van der Waals surface area contributed by atoms with Crippen LogP contribution < -0.4 is 10.6 Å². The van der Waals surface area contributed by atoms with Crippen LogP contribution in [-0.4, -0.2) is 29.2 Å². The zero-order valence-electron chi connectivity index (χ0n) is 19.8. The van der Waals surface area contributed by atoms with Crippen molar-refractivity contribution in [2.24, 2.45) is 0 Å². The van der Waals surface area contributed by atoms with E-state index in [0.717, 1.165) is 13.0 Å².